The molecule has 5 nitrogen and oxygen atoms in total. The number of hydrogen-bond acceptors (Lipinski definition) is 3. The second kappa shape index (κ2) is 6.30. The van der Waals surface area contributed by atoms with Crippen LogP contribution in [0, 0.1) is 0 Å². The molecule has 3 rings (SSSR count). The highest BCUT2D eigenvalue weighted by atomic mass is 31.2. The molecular formula is C17H17O5P. The van der Waals surface area contributed by atoms with Crippen molar-refractivity contribution in [2.45, 2.75) is 0 Å². The average molecular weight is 332 g/mol. The zero-order valence-corrected chi connectivity index (χ0v) is 13.5. The fourth-order valence-electron chi connectivity index (χ4n) is 2.68. The fraction of sp³-hybridized carbons (Fsp3) is 0.176. The number of benzene rings is 3. The molecule has 0 aromatic heterocycles. The van der Waals surface area contributed by atoms with Crippen LogP contribution in [0.25, 0.3) is 21.5 Å². The lowest BCUT2D eigenvalue weighted by Gasteiger charge is -2.16. The summed E-state index contributed by atoms with van der Waals surface area (Å²) in [5.74, 6) is 0.481. The molecule has 0 unspecified atom stereocenters. The van der Waals surface area contributed by atoms with Gasteiger partial charge in [0, 0.05) is 17.9 Å². The molecule has 0 atom stereocenters. The van der Waals surface area contributed by atoms with Gasteiger partial charge in [-0.25, -0.2) is 0 Å². The van der Waals surface area contributed by atoms with Crippen molar-refractivity contribution in [3.8, 4) is 5.75 Å². The molecule has 0 aliphatic heterocycles. The monoisotopic (exact) mass is 332 g/mol. The van der Waals surface area contributed by atoms with E-state index in [0.717, 1.165) is 16.2 Å². The third-order valence-corrected chi connectivity index (χ3v) is 4.67. The molecule has 0 saturated heterocycles. The Morgan fingerprint density at radius 1 is 1.00 bits per heavy atom. The Morgan fingerprint density at radius 3 is 2.48 bits per heavy atom. The summed E-state index contributed by atoms with van der Waals surface area (Å²) in [5, 5.41) is 2.94. The van der Waals surface area contributed by atoms with Crippen LogP contribution in [0.3, 0.4) is 0 Å². The van der Waals surface area contributed by atoms with Crippen LogP contribution in [0.2, 0.25) is 0 Å². The quantitative estimate of drug-likeness (QED) is 0.427. The van der Waals surface area contributed by atoms with Gasteiger partial charge in [0.2, 0.25) is 0 Å². The van der Waals surface area contributed by atoms with Crippen molar-refractivity contribution in [3.05, 3.63) is 48.5 Å². The third kappa shape index (κ3) is 3.09. The van der Waals surface area contributed by atoms with Crippen LogP contribution in [-0.2, 0) is 9.30 Å². The maximum Gasteiger partial charge on any atom is 0.356 e. The molecule has 0 spiro atoms. The van der Waals surface area contributed by atoms with Gasteiger partial charge in [0.25, 0.3) is 0 Å². The van der Waals surface area contributed by atoms with Crippen molar-refractivity contribution >= 4 is 34.4 Å². The van der Waals surface area contributed by atoms with Crippen molar-refractivity contribution in [2.75, 3.05) is 20.3 Å². The number of rotatable bonds is 5. The lowest BCUT2D eigenvalue weighted by atomic mass is 10.0. The molecule has 0 aliphatic rings. The van der Waals surface area contributed by atoms with Crippen molar-refractivity contribution in [1.29, 1.82) is 0 Å². The van der Waals surface area contributed by atoms with Gasteiger partial charge in [-0.1, -0.05) is 36.4 Å². The smallest absolute Gasteiger partial charge is 0.356 e. The summed E-state index contributed by atoms with van der Waals surface area (Å²) >= 11 is 0. The molecule has 2 N–H and O–H groups in total. The molecule has 0 bridgehead atoms. The van der Waals surface area contributed by atoms with Gasteiger partial charge in [0.1, 0.15) is 12.4 Å². The average Bonchev–Trinajstić information content (AvgIpc) is 2.53. The van der Waals surface area contributed by atoms with E-state index in [-0.39, 0.29) is 5.30 Å². The Hall–Kier alpha value is -1.91. The van der Waals surface area contributed by atoms with Crippen molar-refractivity contribution < 1.29 is 23.8 Å². The Balaban J connectivity index is 2.36. The Morgan fingerprint density at radius 2 is 1.74 bits per heavy atom. The minimum absolute atomic E-state index is 0.0202. The molecule has 3 aromatic carbocycles. The van der Waals surface area contributed by atoms with Crippen LogP contribution in [0.1, 0.15) is 0 Å². The van der Waals surface area contributed by atoms with Crippen LogP contribution in [0.15, 0.2) is 48.5 Å². The van der Waals surface area contributed by atoms with Gasteiger partial charge in [-0.05, 0) is 22.9 Å². The Labute approximate surface area is 133 Å². The Kier molecular flexibility index (Phi) is 4.37. The fourth-order valence-corrected chi connectivity index (χ4v) is 3.48. The molecule has 0 radical (unpaired) electrons. The minimum Gasteiger partial charge on any atom is -0.490 e. The van der Waals surface area contributed by atoms with E-state index >= 15 is 0 Å². The zero-order valence-electron chi connectivity index (χ0n) is 12.6. The highest BCUT2D eigenvalue weighted by Gasteiger charge is 2.23. The first-order valence-electron chi connectivity index (χ1n) is 7.14. The zero-order chi connectivity index (χ0) is 16.4. The standard InChI is InChI=1S/C17H17O5P/c1-21-9-10-22-17-14-7-3-2-5-12(14)11-13-6-4-8-15(16(13)17)23(18,19)20/h2-8,11H,9-10H2,1H3,(H2,18,19,20). The first kappa shape index (κ1) is 16.0. The van der Waals surface area contributed by atoms with Gasteiger partial charge in [-0.3, -0.25) is 4.57 Å². The lowest BCUT2D eigenvalue weighted by molar-refractivity contribution is 0.148. The van der Waals surface area contributed by atoms with Gasteiger partial charge in [-0.2, -0.15) is 0 Å². The molecule has 0 saturated carbocycles. The van der Waals surface area contributed by atoms with E-state index in [1.165, 1.54) is 6.07 Å². The van der Waals surface area contributed by atoms with Crippen LogP contribution in [-0.4, -0.2) is 30.1 Å². The first-order valence-corrected chi connectivity index (χ1v) is 8.76. The van der Waals surface area contributed by atoms with Crippen LogP contribution in [0.4, 0.5) is 0 Å². The Bertz CT molecular complexity index is 900. The molecule has 120 valence electrons. The summed E-state index contributed by atoms with van der Waals surface area (Å²) in [6, 6.07) is 14.4. The van der Waals surface area contributed by atoms with Crippen molar-refractivity contribution in [1.82, 2.24) is 0 Å². The maximum absolute atomic E-state index is 11.9. The topological polar surface area (TPSA) is 76.0 Å². The second-order valence-electron chi connectivity index (χ2n) is 5.19. The molecule has 0 heterocycles. The van der Waals surface area contributed by atoms with Gasteiger partial charge >= 0.3 is 7.60 Å². The van der Waals surface area contributed by atoms with Crippen LogP contribution < -0.4 is 10.0 Å². The third-order valence-electron chi connectivity index (χ3n) is 3.67. The van der Waals surface area contributed by atoms with E-state index in [1.807, 2.05) is 36.4 Å². The van der Waals surface area contributed by atoms with Crippen molar-refractivity contribution in [3.63, 3.8) is 0 Å². The van der Waals surface area contributed by atoms with E-state index in [0.29, 0.717) is 24.3 Å². The lowest BCUT2D eigenvalue weighted by Crippen LogP contribution is -2.10. The molecule has 0 amide bonds. The normalized spacial score (nSPS) is 12.0. The van der Waals surface area contributed by atoms with E-state index in [9.17, 15) is 14.4 Å². The number of ether oxygens (including phenoxy) is 2. The summed E-state index contributed by atoms with van der Waals surface area (Å²) < 4.78 is 22.7. The number of methoxy groups -OCH3 is 1. The maximum atomic E-state index is 11.9. The molecule has 3 aromatic rings. The van der Waals surface area contributed by atoms with Gasteiger partial charge in [0.05, 0.1) is 11.9 Å². The highest BCUT2D eigenvalue weighted by molar-refractivity contribution is 7.60. The van der Waals surface area contributed by atoms with E-state index in [4.69, 9.17) is 9.47 Å². The molecule has 0 fully saturated rings. The summed E-state index contributed by atoms with van der Waals surface area (Å²) in [4.78, 5) is 19.4. The van der Waals surface area contributed by atoms with Gasteiger partial charge in [-0.15, -0.1) is 0 Å². The summed E-state index contributed by atoms with van der Waals surface area (Å²) in [5.41, 5.74) is 0. The van der Waals surface area contributed by atoms with E-state index < -0.39 is 7.60 Å². The minimum atomic E-state index is -4.42. The summed E-state index contributed by atoms with van der Waals surface area (Å²) in [6.45, 7) is 0.692. The van der Waals surface area contributed by atoms with E-state index in [1.54, 1.807) is 13.2 Å². The summed E-state index contributed by atoms with van der Waals surface area (Å²) in [7, 11) is -2.84. The van der Waals surface area contributed by atoms with Crippen molar-refractivity contribution in [2.24, 2.45) is 0 Å². The van der Waals surface area contributed by atoms with Crippen LogP contribution in [0.5, 0.6) is 5.75 Å². The van der Waals surface area contributed by atoms with E-state index in [2.05, 4.69) is 0 Å². The predicted molar refractivity (Wildman–Crippen MR) is 90.5 cm³/mol. The summed E-state index contributed by atoms with van der Waals surface area (Å²) in [6.07, 6.45) is 0. The number of fused-ring (bicyclic) bond motifs is 2. The second-order valence-corrected chi connectivity index (χ2v) is 6.76. The molecule has 23 heavy (non-hydrogen) atoms. The first-order chi connectivity index (χ1) is 11.0. The van der Waals surface area contributed by atoms with Crippen LogP contribution >= 0.6 is 7.60 Å². The number of hydrogen-bond donors (Lipinski definition) is 2. The molecular weight excluding hydrogens is 315 g/mol. The largest absolute Gasteiger partial charge is 0.490 e. The SMILES string of the molecule is COCCOc1c2ccccc2cc2cccc(P(=O)(O)O)c12. The van der Waals surface area contributed by atoms with Gasteiger partial charge in [0.15, 0.2) is 0 Å². The van der Waals surface area contributed by atoms with Gasteiger partial charge < -0.3 is 19.3 Å². The molecule has 6 heteroatoms. The predicted octanol–water partition coefficient (Wildman–Crippen LogP) is 2.82. The highest BCUT2D eigenvalue weighted by Crippen LogP contribution is 2.42. The molecule has 0 aliphatic carbocycles.